The molecule has 0 aromatic carbocycles. The number of unbranched alkanes of at least 4 members (excludes halogenated alkanes) is 6. The molecule has 5 heteroatoms. The summed E-state index contributed by atoms with van der Waals surface area (Å²) in [6.07, 6.45) is 9.44. The maximum absolute atomic E-state index is 4.34. The second-order valence-corrected chi connectivity index (χ2v) is 7.19. The fraction of sp³-hybridized carbons (Fsp3) is 0.947. The van der Waals surface area contributed by atoms with Crippen LogP contribution in [0.1, 0.15) is 58.8 Å². The summed E-state index contributed by atoms with van der Waals surface area (Å²) in [4.78, 5) is 9.31. The Morgan fingerprint density at radius 1 is 0.958 bits per heavy atom. The minimum absolute atomic E-state index is 0.552. The molecule has 5 nitrogen and oxygen atoms in total. The fourth-order valence-electron chi connectivity index (χ4n) is 3.15. The van der Waals surface area contributed by atoms with Gasteiger partial charge in [0.25, 0.3) is 0 Å². The Morgan fingerprint density at radius 3 is 2.21 bits per heavy atom. The first kappa shape index (κ1) is 21.2. The van der Waals surface area contributed by atoms with Gasteiger partial charge in [0, 0.05) is 52.4 Å². The highest BCUT2D eigenvalue weighted by atomic mass is 15.3. The van der Waals surface area contributed by atoms with Crippen LogP contribution in [0.2, 0.25) is 0 Å². The summed E-state index contributed by atoms with van der Waals surface area (Å²) in [5.41, 5.74) is 0. The van der Waals surface area contributed by atoms with Gasteiger partial charge in [-0.15, -0.1) is 0 Å². The van der Waals surface area contributed by atoms with Crippen molar-refractivity contribution in [1.29, 1.82) is 0 Å². The second-order valence-electron chi connectivity index (χ2n) is 7.19. The van der Waals surface area contributed by atoms with E-state index in [1.54, 1.807) is 0 Å². The molecule has 24 heavy (non-hydrogen) atoms. The van der Waals surface area contributed by atoms with E-state index >= 15 is 0 Å². The molecule has 1 fully saturated rings. The first-order chi connectivity index (χ1) is 11.7. The zero-order valence-corrected chi connectivity index (χ0v) is 16.6. The fourth-order valence-corrected chi connectivity index (χ4v) is 3.15. The monoisotopic (exact) mass is 339 g/mol. The van der Waals surface area contributed by atoms with Crippen LogP contribution in [-0.2, 0) is 0 Å². The smallest absolute Gasteiger partial charge is 0.191 e. The molecule has 0 spiro atoms. The minimum atomic E-state index is 0.552. The van der Waals surface area contributed by atoms with Gasteiger partial charge in [-0.05, 0) is 20.4 Å². The molecule has 0 aromatic rings. The normalized spacial score (nSPS) is 18.6. The van der Waals surface area contributed by atoms with E-state index in [1.807, 2.05) is 7.05 Å². The van der Waals surface area contributed by atoms with Crippen LogP contribution in [-0.4, -0.2) is 75.2 Å². The van der Waals surface area contributed by atoms with E-state index in [1.165, 1.54) is 71.1 Å². The molecule has 1 aliphatic rings. The van der Waals surface area contributed by atoms with Gasteiger partial charge in [-0.3, -0.25) is 9.89 Å². The quantitative estimate of drug-likeness (QED) is 0.345. The first-order valence-electron chi connectivity index (χ1n) is 10.0. The number of likely N-dealkylation sites (N-methyl/N-ethyl adjacent to an activating group) is 1. The Kier molecular flexibility index (Phi) is 11.9. The Morgan fingerprint density at radius 2 is 1.58 bits per heavy atom. The second kappa shape index (κ2) is 13.5. The van der Waals surface area contributed by atoms with Crippen LogP contribution in [0, 0.1) is 0 Å². The van der Waals surface area contributed by atoms with Gasteiger partial charge in [-0.1, -0.05) is 45.4 Å². The Hall–Kier alpha value is -0.810. The maximum atomic E-state index is 4.34. The summed E-state index contributed by atoms with van der Waals surface area (Å²) in [7, 11) is 4.07. The molecule has 2 N–H and O–H groups in total. The number of guanidine groups is 1. The lowest BCUT2D eigenvalue weighted by Gasteiger charge is -2.36. The third-order valence-electron chi connectivity index (χ3n) is 5.02. The summed E-state index contributed by atoms with van der Waals surface area (Å²) in [6, 6.07) is 0.552. The number of nitrogens with one attached hydrogen (secondary N) is 2. The van der Waals surface area contributed by atoms with Crippen molar-refractivity contribution >= 4 is 5.96 Å². The topological polar surface area (TPSA) is 42.9 Å². The van der Waals surface area contributed by atoms with Crippen LogP contribution < -0.4 is 10.6 Å². The molecule has 1 saturated heterocycles. The molecule has 0 aliphatic carbocycles. The Labute approximate surface area is 150 Å². The van der Waals surface area contributed by atoms with Crippen molar-refractivity contribution in [2.24, 2.45) is 4.99 Å². The molecule has 1 unspecified atom stereocenters. The number of nitrogens with zero attached hydrogens (tertiary/aromatic N) is 3. The Balaban J connectivity index is 2.05. The van der Waals surface area contributed by atoms with Gasteiger partial charge in [0.05, 0.1) is 0 Å². The van der Waals surface area contributed by atoms with Crippen molar-refractivity contribution in [1.82, 2.24) is 20.4 Å². The third-order valence-corrected chi connectivity index (χ3v) is 5.02. The third kappa shape index (κ3) is 9.48. The molecule has 0 bridgehead atoms. The van der Waals surface area contributed by atoms with Crippen LogP contribution in [0.4, 0.5) is 0 Å². The SMILES string of the molecule is CCCCCCCCCNC(=NC)NCC(C)N1CCN(C)CC1. The lowest BCUT2D eigenvalue weighted by atomic mass is 10.1. The van der Waals surface area contributed by atoms with E-state index in [0.717, 1.165) is 19.0 Å². The molecule has 1 rings (SSSR count). The average Bonchev–Trinajstić information content (AvgIpc) is 2.60. The van der Waals surface area contributed by atoms with Crippen molar-refractivity contribution in [2.45, 2.75) is 64.8 Å². The van der Waals surface area contributed by atoms with Gasteiger partial charge in [-0.25, -0.2) is 0 Å². The lowest BCUT2D eigenvalue weighted by Crippen LogP contribution is -2.52. The molecule has 1 heterocycles. The van der Waals surface area contributed by atoms with Gasteiger partial charge < -0.3 is 15.5 Å². The molecule has 0 aromatic heterocycles. The highest BCUT2D eigenvalue weighted by Crippen LogP contribution is 2.06. The number of rotatable bonds is 11. The first-order valence-corrected chi connectivity index (χ1v) is 10.0. The summed E-state index contributed by atoms with van der Waals surface area (Å²) < 4.78 is 0. The van der Waals surface area contributed by atoms with Crippen molar-refractivity contribution in [2.75, 3.05) is 53.4 Å². The number of hydrogen-bond donors (Lipinski definition) is 2. The molecule has 142 valence electrons. The summed E-state index contributed by atoms with van der Waals surface area (Å²) in [6.45, 7) is 11.3. The molecule has 1 atom stereocenters. The van der Waals surface area contributed by atoms with Crippen molar-refractivity contribution in [3.63, 3.8) is 0 Å². The molecule has 0 saturated carbocycles. The lowest BCUT2D eigenvalue weighted by molar-refractivity contribution is 0.120. The van der Waals surface area contributed by atoms with E-state index in [2.05, 4.69) is 46.3 Å². The largest absolute Gasteiger partial charge is 0.356 e. The van der Waals surface area contributed by atoms with E-state index in [4.69, 9.17) is 0 Å². The summed E-state index contributed by atoms with van der Waals surface area (Å²) in [5, 5.41) is 6.93. The van der Waals surface area contributed by atoms with E-state index in [9.17, 15) is 0 Å². The average molecular weight is 340 g/mol. The maximum Gasteiger partial charge on any atom is 0.191 e. The highest BCUT2D eigenvalue weighted by molar-refractivity contribution is 5.79. The highest BCUT2D eigenvalue weighted by Gasteiger charge is 2.18. The zero-order chi connectivity index (χ0) is 17.6. The van der Waals surface area contributed by atoms with Crippen molar-refractivity contribution in [3.8, 4) is 0 Å². The van der Waals surface area contributed by atoms with Crippen LogP contribution in [0.3, 0.4) is 0 Å². The van der Waals surface area contributed by atoms with Gasteiger partial charge in [0.15, 0.2) is 5.96 Å². The number of aliphatic imine (C=N–C) groups is 1. The number of hydrogen-bond acceptors (Lipinski definition) is 3. The zero-order valence-electron chi connectivity index (χ0n) is 16.6. The van der Waals surface area contributed by atoms with Gasteiger partial charge in [-0.2, -0.15) is 0 Å². The van der Waals surface area contributed by atoms with Crippen molar-refractivity contribution in [3.05, 3.63) is 0 Å². The minimum Gasteiger partial charge on any atom is -0.356 e. The van der Waals surface area contributed by atoms with Gasteiger partial charge >= 0.3 is 0 Å². The number of piperazine rings is 1. The van der Waals surface area contributed by atoms with Crippen molar-refractivity contribution < 1.29 is 0 Å². The molecular weight excluding hydrogens is 298 g/mol. The molecule has 0 amide bonds. The predicted molar refractivity (Wildman–Crippen MR) is 106 cm³/mol. The van der Waals surface area contributed by atoms with E-state index in [0.29, 0.717) is 6.04 Å². The van der Waals surface area contributed by atoms with E-state index < -0.39 is 0 Å². The summed E-state index contributed by atoms with van der Waals surface area (Å²) >= 11 is 0. The van der Waals surface area contributed by atoms with Gasteiger partial charge in [0.1, 0.15) is 0 Å². The standard InChI is InChI=1S/C19H41N5/c1-5-6-7-8-9-10-11-12-21-19(20-3)22-17-18(2)24-15-13-23(4)14-16-24/h18H,5-17H2,1-4H3,(H2,20,21,22). The van der Waals surface area contributed by atoms with Gasteiger partial charge in [0.2, 0.25) is 0 Å². The van der Waals surface area contributed by atoms with Crippen LogP contribution in [0.25, 0.3) is 0 Å². The van der Waals surface area contributed by atoms with Crippen LogP contribution in [0.15, 0.2) is 4.99 Å². The summed E-state index contributed by atoms with van der Waals surface area (Å²) in [5.74, 6) is 0.946. The molecular formula is C19H41N5. The Bertz CT molecular complexity index is 324. The molecule has 1 aliphatic heterocycles. The predicted octanol–water partition coefficient (Wildman–Crippen LogP) is 2.54. The van der Waals surface area contributed by atoms with E-state index in [-0.39, 0.29) is 0 Å². The van der Waals surface area contributed by atoms with Crippen LogP contribution >= 0.6 is 0 Å². The van der Waals surface area contributed by atoms with Crippen LogP contribution in [0.5, 0.6) is 0 Å². The molecule has 0 radical (unpaired) electrons.